The van der Waals surface area contributed by atoms with E-state index in [0.29, 0.717) is 12.0 Å². The normalized spacial score (nSPS) is 20.8. The summed E-state index contributed by atoms with van der Waals surface area (Å²) < 4.78 is 7.30. The number of methoxy groups -OCH3 is 1. The van der Waals surface area contributed by atoms with Gasteiger partial charge < -0.3 is 9.64 Å². The van der Waals surface area contributed by atoms with Crippen molar-refractivity contribution in [1.29, 1.82) is 0 Å². The number of hydrogen-bond donors (Lipinski definition) is 0. The summed E-state index contributed by atoms with van der Waals surface area (Å²) in [5, 5.41) is 4.43. The SMILES string of the molecule is COC1CCN(c2c(CCl)c(C)nn2C)C1. The molecule has 5 heteroatoms. The zero-order chi connectivity index (χ0) is 11.7. The van der Waals surface area contributed by atoms with Crippen LogP contribution in [-0.4, -0.2) is 36.1 Å². The molecule has 1 saturated heterocycles. The van der Waals surface area contributed by atoms with Crippen molar-refractivity contribution in [2.75, 3.05) is 25.1 Å². The van der Waals surface area contributed by atoms with Gasteiger partial charge in [0.15, 0.2) is 0 Å². The van der Waals surface area contributed by atoms with Gasteiger partial charge in [-0.1, -0.05) is 0 Å². The molecule has 2 heterocycles. The molecule has 16 heavy (non-hydrogen) atoms. The van der Waals surface area contributed by atoms with Crippen LogP contribution in [0.2, 0.25) is 0 Å². The molecule has 1 unspecified atom stereocenters. The van der Waals surface area contributed by atoms with Crippen molar-refractivity contribution in [3.05, 3.63) is 11.3 Å². The van der Waals surface area contributed by atoms with Gasteiger partial charge in [0.05, 0.1) is 17.7 Å². The summed E-state index contributed by atoms with van der Waals surface area (Å²) in [5.74, 6) is 1.66. The standard InChI is InChI=1S/C11H18ClN3O/c1-8-10(6-12)11(14(2)13-8)15-5-4-9(7-15)16-3/h9H,4-7H2,1-3H3. The molecule has 0 N–H and O–H groups in total. The molecule has 1 aliphatic rings. The van der Waals surface area contributed by atoms with Gasteiger partial charge in [-0.2, -0.15) is 5.10 Å². The van der Waals surface area contributed by atoms with E-state index in [1.54, 1.807) is 7.11 Å². The third-order valence-corrected chi connectivity index (χ3v) is 3.49. The van der Waals surface area contributed by atoms with Crippen LogP contribution >= 0.6 is 11.6 Å². The Morgan fingerprint density at radius 3 is 2.88 bits per heavy atom. The van der Waals surface area contributed by atoms with E-state index >= 15 is 0 Å². The van der Waals surface area contributed by atoms with Gasteiger partial charge in [0.1, 0.15) is 5.82 Å². The van der Waals surface area contributed by atoms with Crippen LogP contribution < -0.4 is 4.90 Å². The Balaban J connectivity index is 2.27. The van der Waals surface area contributed by atoms with Crippen molar-refractivity contribution in [2.45, 2.75) is 25.3 Å². The maximum Gasteiger partial charge on any atom is 0.131 e. The van der Waals surface area contributed by atoms with E-state index < -0.39 is 0 Å². The summed E-state index contributed by atoms with van der Waals surface area (Å²) in [6.45, 7) is 3.95. The van der Waals surface area contributed by atoms with Gasteiger partial charge in [0.25, 0.3) is 0 Å². The smallest absolute Gasteiger partial charge is 0.131 e. The molecule has 2 rings (SSSR count). The number of nitrogens with zero attached hydrogens (tertiary/aromatic N) is 3. The fraction of sp³-hybridized carbons (Fsp3) is 0.727. The number of ether oxygens (including phenoxy) is 1. The lowest BCUT2D eigenvalue weighted by molar-refractivity contribution is 0.121. The van der Waals surface area contributed by atoms with Gasteiger partial charge in [-0.25, -0.2) is 0 Å². The van der Waals surface area contributed by atoms with Gasteiger partial charge in [-0.05, 0) is 13.3 Å². The quantitative estimate of drug-likeness (QED) is 0.757. The fourth-order valence-corrected chi connectivity index (χ4v) is 2.67. The molecular formula is C11H18ClN3O. The summed E-state index contributed by atoms with van der Waals surface area (Å²) in [5.41, 5.74) is 2.16. The number of rotatable bonds is 3. The molecule has 0 aliphatic carbocycles. The Hall–Kier alpha value is -0.740. The second-order valence-electron chi connectivity index (χ2n) is 4.24. The molecule has 1 atom stereocenters. The van der Waals surface area contributed by atoms with E-state index in [9.17, 15) is 0 Å². The van der Waals surface area contributed by atoms with E-state index in [1.165, 1.54) is 0 Å². The van der Waals surface area contributed by atoms with Crippen LogP contribution in [0.3, 0.4) is 0 Å². The maximum absolute atomic E-state index is 5.99. The first-order valence-corrected chi connectivity index (χ1v) is 6.07. The summed E-state index contributed by atoms with van der Waals surface area (Å²) in [6, 6.07) is 0. The largest absolute Gasteiger partial charge is 0.380 e. The van der Waals surface area contributed by atoms with Crippen LogP contribution in [0, 0.1) is 6.92 Å². The average molecular weight is 244 g/mol. The van der Waals surface area contributed by atoms with E-state index in [0.717, 1.165) is 36.6 Å². The minimum absolute atomic E-state index is 0.332. The van der Waals surface area contributed by atoms with Crippen LogP contribution in [0.15, 0.2) is 0 Å². The van der Waals surface area contributed by atoms with E-state index in [4.69, 9.17) is 16.3 Å². The minimum atomic E-state index is 0.332. The molecule has 0 aromatic carbocycles. The predicted octanol–water partition coefficient (Wildman–Crippen LogP) is 1.69. The number of anilines is 1. The molecule has 90 valence electrons. The first-order chi connectivity index (χ1) is 7.67. The van der Waals surface area contributed by atoms with Gasteiger partial charge in [-0.3, -0.25) is 4.68 Å². The number of aryl methyl sites for hydroxylation is 2. The van der Waals surface area contributed by atoms with Crippen molar-refractivity contribution in [3.63, 3.8) is 0 Å². The van der Waals surface area contributed by atoms with Crippen LogP contribution in [0.4, 0.5) is 5.82 Å². The molecule has 0 amide bonds. The first kappa shape index (κ1) is 11.7. The third-order valence-electron chi connectivity index (χ3n) is 3.22. The van der Waals surface area contributed by atoms with Crippen molar-refractivity contribution in [1.82, 2.24) is 9.78 Å². The second-order valence-corrected chi connectivity index (χ2v) is 4.50. The number of hydrogen-bond acceptors (Lipinski definition) is 3. The molecule has 0 spiro atoms. The Kier molecular flexibility index (Phi) is 3.40. The minimum Gasteiger partial charge on any atom is -0.380 e. The first-order valence-electron chi connectivity index (χ1n) is 5.53. The average Bonchev–Trinajstić information content (AvgIpc) is 2.82. The Morgan fingerprint density at radius 1 is 1.56 bits per heavy atom. The Morgan fingerprint density at radius 2 is 2.31 bits per heavy atom. The molecule has 0 saturated carbocycles. The Labute approximate surface area is 101 Å². The zero-order valence-corrected chi connectivity index (χ0v) is 10.8. The van der Waals surface area contributed by atoms with Crippen LogP contribution in [-0.2, 0) is 17.7 Å². The molecule has 0 radical (unpaired) electrons. The number of halogens is 1. The molecule has 1 aliphatic heterocycles. The highest BCUT2D eigenvalue weighted by Gasteiger charge is 2.27. The number of alkyl halides is 1. The molecule has 1 aromatic rings. The van der Waals surface area contributed by atoms with E-state index in [1.807, 2.05) is 18.7 Å². The van der Waals surface area contributed by atoms with Crippen LogP contribution in [0.25, 0.3) is 0 Å². The lowest BCUT2D eigenvalue weighted by Crippen LogP contribution is -2.25. The lowest BCUT2D eigenvalue weighted by atomic mass is 10.2. The summed E-state index contributed by atoms with van der Waals surface area (Å²) in [6.07, 6.45) is 1.40. The van der Waals surface area contributed by atoms with Crippen LogP contribution in [0.5, 0.6) is 0 Å². The molecule has 1 aromatic heterocycles. The number of aromatic nitrogens is 2. The van der Waals surface area contributed by atoms with Gasteiger partial charge in [0, 0.05) is 32.8 Å². The summed E-state index contributed by atoms with van der Waals surface area (Å²) >= 11 is 5.99. The summed E-state index contributed by atoms with van der Waals surface area (Å²) in [4.78, 5) is 2.31. The third kappa shape index (κ3) is 1.92. The lowest BCUT2D eigenvalue weighted by Gasteiger charge is -2.19. The molecule has 0 bridgehead atoms. The molecule has 4 nitrogen and oxygen atoms in total. The van der Waals surface area contributed by atoms with Crippen LogP contribution in [0.1, 0.15) is 17.7 Å². The van der Waals surface area contributed by atoms with Crippen molar-refractivity contribution < 1.29 is 4.74 Å². The van der Waals surface area contributed by atoms with Gasteiger partial charge >= 0.3 is 0 Å². The second kappa shape index (κ2) is 4.63. The van der Waals surface area contributed by atoms with Crippen molar-refractivity contribution in [2.24, 2.45) is 7.05 Å². The van der Waals surface area contributed by atoms with E-state index in [-0.39, 0.29) is 0 Å². The van der Waals surface area contributed by atoms with Gasteiger partial charge in [-0.15, -0.1) is 11.6 Å². The highest BCUT2D eigenvalue weighted by molar-refractivity contribution is 6.17. The van der Waals surface area contributed by atoms with Crippen molar-refractivity contribution >= 4 is 17.4 Å². The highest BCUT2D eigenvalue weighted by atomic mass is 35.5. The van der Waals surface area contributed by atoms with E-state index in [2.05, 4.69) is 10.00 Å². The van der Waals surface area contributed by atoms with Crippen molar-refractivity contribution in [3.8, 4) is 0 Å². The zero-order valence-electron chi connectivity index (χ0n) is 10.0. The topological polar surface area (TPSA) is 30.3 Å². The monoisotopic (exact) mass is 243 g/mol. The predicted molar refractivity (Wildman–Crippen MR) is 65.1 cm³/mol. The molecule has 1 fully saturated rings. The maximum atomic E-state index is 5.99. The fourth-order valence-electron chi connectivity index (χ4n) is 2.35. The summed E-state index contributed by atoms with van der Waals surface area (Å²) in [7, 11) is 3.74. The Bertz CT molecular complexity index is 378. The molecular weight excluding hydrogens is 226 g/mol. The highest BCUT2D eigenvalue weighted by Crippen LogP contribution is 2.28. The van der Waals surface area contributed by atoms with Gasteiger partial charge in [0.2, 0.25) is 0 Å².